The lowest BCUT2D eigenvalue weighted by Gasteiger charge is -2.35. The van der Waals surface area contributed by atoms with Gasteiger partial charge in [-0.15, -0.1) is 11.3 Å². The number of piperazine rings is 1. The third-order valence-corrected chi connectivity index (χ3v) is 4.07. The van der Waals surface area contributed by atoms with E-state index in [1.807, 2.05) is 17.2 Å². The van der Waals surface area contributed by atoms with Crippen molar-refractivity contribution in [2.75, 3.05) is 32.7 Å². The van der Waals surface area contributed by atoms with E-state index in [1.54, 1.807) is 18.3 Å². The van der Waals surface area contributed by atoms with E-state index < -0.39 is 0 Å². The normalized spacial score (nSPS) is 18.6. The van der Waals surface area contributed by atoms with Crippen molar-refractivity contribution in [3.8, 4) is 0 Å². The molecule has 0 spiro atoms. The molecule has 106 valence electrons. The van der Waals surface area contributed by atoms with Crippen LogP contribution < -0.4 is 0 Å². The fourth-order valence-corrected chi connectivity index (χ4v) is 2.92. The Balaban J connectivity index is 1.79. The molecule has 0 aromatic carbocycles. The summed E-state index contributed by atoms with van der Waals surface area (Å²) in [6.07, 6.45) is 0.0982. The minimum Gasteiger partial charge on any atom is -0.392 e. The summed E-state index contributed by atoms with van der Waals surface area (Å²) < 4.78 is 0. The van der Waals surface area contributed by atoms with Crippen molar-refractivity contribution in [1.29, 1.82) is 0 Å². The first kappa shape index (κ1) is 14.4. The van der Waals surface area contributed by atoms with Gasteiger partial charge in [-0.05, 0) is 13.8 Å². The van der Waals surface area contributed by atoms with E-state index >= 15 is 0 Å². The van der Waals surface area contributed by atoms with Gasteiger partial charge in [0.1, 0.15) is 0 Å². The molecule has 0 bridgehead atoms. The van der Waals surface area contributed by atoms with E-state index in [9.17, 15) is 9.90 Å². The van der Waals surface area contributed by atoms with E-state index in [-0.39, 0.29) is 12.0 Å². The second-order valence-electron chi connectivity index (χ2n) is 5.07. The molecule has 1 fully saturated rings. The van der Waals surface area contributed by atoms with Crippen LogP contribution in [0.25, 0.3) is 0 Å². The first-order chi connectivity index (χ1) is 9.04. The minimum atomic E-state index is -0.305. The highest BCUT2D eigenvalue weighted by molar-refractivity contribution is 7.09. The number of aliphatic hydroxyl groups is 1. The number of rotatable bonds is 4. The zero-order valence-corrected chi connectivity index (χ0v) is 12.3. The second-order valence-corrected chi connectivity index (χ2v) is 6.13. The lowest BCUT2D eigenvalue weighted by Crippen LogP contribution is -2.50. The van der Waals surface area contributed by atoms with Crippen molar-refractivity contribution in [3.63, 3.8) is 0 Å². The zero-order valence-electron chi connectivity index (χ0n) is 11.5. The molecule has 1 saturated heterocycles. The van der Waals surface area contributed by atoms with Gasteiger partial charge in [0.25, 0.3) is 0 Å². The number of carbonyl (C=O) groups is 1. The lowest BCUT2D eigenvalue weighted by molar-refractivity contribution is -0.132. The predicted molar refractivity (Wildman–Crippen MR) is 75.3 cm³/mol. The maximum Gasteiger partial charge on any atom is 0.228 e. The fraction of sp³-hybridized carbons (Fsp3) is 0.692. The standard InChI is InChI=1S/C13H21N3O2S/c1-10(17)8-15-3-5-16(6-4-15)13(18)7-12-9-19-11(2)14-12/h9-10,17H,3-8H2,1-2H3/t10-/m0/s1. The van der Waals surface area contributed by atoms with Crippen molar-refractivity contribution in [2.45, 2.75) is 26.4 Å². The summed E-state index contributed by atoms with van der Waals surface area (Å²) in [4.78, 5) is 20.5. The lowest BCUT2D eigenvalue weighted by atomic mass is 10.2. The summed E-state index contributed by atoms with van der Waals surface area (Å²) in [5.74, 6) is 0.155. The monoisotopic (exact) mass is 283 g/mol. The second kappa shape index (κ2) is 6.45. The fourth-order valence-electron chi connectivity index (χ4n) is 2.31. The largest absolute Gasteiger partial charge is 0.392 e. The number of aryl methyl sites for hydroxylation is 1. The first-order valence-electron chi connectivity index (χ1n) is 6.64. The van der Waals surface area contributed by atoms with Crippen LogP contribution in [-0.4, -0.2) is 64.6 Å². The number of thiazole rings is 1. The highest BCUT2D eigenvalue weighted by atomic mass is 32.1. The Kier molecular flexibility index (Phi) is 4.90. The summed E-state index contributed by atoms with van der Waals surface area (Å²) in [5, 5.41) is 12.3. The van der Waals surface area contributed by atoms with Gasteiger partial charge in [-0.25, -0.2) is 4.98 Å². The molecule has 1 aliphatic rings. The molecule has 0 aliphatic carbocycles. The van der Waals surface area contributed by atoms with Gasteiger partial charge in [-0.1, -0.05) is 0 Å². The van der Waals surface area contributed by atoms with Gasteiger partial charge in [0, 0.05) is 38.1 Å². The Labute approximate surface area is 117 Å². The smallest absolute Gasteiger partial charge is 0.228 e. The molecule has 2 rings (SSSR count). The van der Waals surface area contributed by atoms with Gasteiger partial charge in [0.15, 0.2) is 0 Å². The van der Waals surface area contributed by atoms with Crippen molar-refractivity contribution in [3.05, 3.63) is 16.1 Å². The molecule has 0 saturated carbocycles. The summed E-state index contributed by atoms with van der Waals surface area (Å²) in [6.45, 7) is 7.60. The Hall–Kier alpha value is -0.980. The highest BCUT2D eigenvalue weighted by Crippen LogP contribution is 2.11. The molecule has 5 nitrogen and oxygen atoms in total. The van der Waals surface area contributed by atoms with Crippen LogP contribution in [0.3, 0.4) is 0 Å². The van der Waals surface area contributed by atoms with Crippen molar-refractivity contribution < 1.29 is 9.90 Å². The zero-order chi connectivity index (χ0) is 13.8. The highest BCUT2D eigenvalue weighted by Gasteiger charge is 2.22. The summed E-state index contributed by atoms with van der Waals surface area (Å²) in [5.41, 5.74) is 0.874. The van der Waals surface area contributed by atoms with Crippen LogP contribution in [-0.2, 0) is 11.2 Å². The van der Waals surface area contributed by atoms with Crippen molar-refractivity contribution >= 4 is 17.2 Å². The van der Waals surface area contributed by atoms with Crippen LogP contribution in [0.2, 0.25) is 0 Å². The summed E-state index contributed by atoms with van der Waals surface area (Å²) in [7, 11) is 0. The number of hydrogen-bond acceptors (Lipinski definition) is 5. The molecule has 0 unspecified atom stereocenters. The van der Waals surface area contributed by atoms with Crippen LogP contribution >= 0.6 is 11.3 Å². The van der Waals surface area contributed by atoms with Gasteiger partial charge < -0.3 is 10.0 Å². The number of aliphatic hydroxyl groups excluding tert-OH is 1. The van der Waals surface area contributed by atoms with Crippen LogP contribution in [0, 0.1) is 6.92 Å². The minimum absolute atomic E-state index is 0.155. The average molecular weight is 283 g/mol. The van der Waals surface area contributed by atoms with Crippen LogP contribution in [0.4, 0.5) is 0 Å². The number of aromatic nitrogens is 1. The van der Waals surface area contributed by atoms with Gasteiger partial charge in [0.2, 0.25) is 5.91 Å². The molecule has 1 aliphatic heterocycles. The summed E-state index contributed by atoms with van der Waals surface area (Å²) in [6, 6.07) is 0. The topological polar surface area (TPSA) is 56.7 Å². The molecular formula is C13H21N3O2S. The number of hydrogen-bond donors (Lipinski definition) is 1. The molecule has 2 heterocycles. The van der Waals surface area contributed by atoms with Crippen LogP contribution in [0.15, 0.2) is 5.38 Å². The van der Waals surface area contributed by atoms with E-state index in [0.717, 1.165) is 36.9 Å². The van der Waals surface area contributed by atoms with Crippen molar-refractivity contribution in [1.82, 2.24) is 14.8 Å². The maximum atomic E-state index is 12.1. The van der Waals surface area contributed by atoms with Crippen LogP contribution in [0.1, 0.15) is 17.6 Å². The third-order valence-electron chi connectivity index (χ3n) is 3.25. The van der Waals surface area contributed by atoms with Gasteiger partial charge >= 0.3 is 0 Å². The number of nitrogens with zero attached hydrogens (tertiary/aromatic N) is 3. The molecular weight excluding hydrogens is 262 g/mol. The molecule has 1 aromatic heterocycles. The molecule has 6 heteroatoms. The maximum absolute atomic E-state index is 12.1. The van der Waals surface area contributed by atoms with Gasteiger partial charge in [-0.2, -0.15) is 0 Å². The number of carbonyl (C=O) groups excluding carboxylic acids is 1. The first-order valence-corrected chi connectivity index (χ1v) is 7.52. The SMILES string of the molecule is Cc1nc(CC(=O)N2CCN(C[C@H](C)O)CC2)cs1. The Morgan fingerprint density at radius 2 is 2.16 bits per heavy atom. The predicted octanol–water partition coefficient (Wildman–Crippen LogP) is 0.519. The molecule has 1 N–H and O–H groups in total. The molecule has 1 aromatic rings. The van der Waals surface area contributed by atoms with Crippen LogP contribution in [0.5, 0.6) is 0 Å². The Morgan fingerprint density at radius 1 is 1.47 bits per heavy atom. The molecule has 0 radical (unpaired) electrons. The Bertz CT molecular complexity index is 425. The van der Waals surface area contributed by atoms with Gasteiger partial charge in [0.05, 0.1) is 23.2 Å². The van der Waals surface area contributed by atoms with E-state index in [0.29, 0.717) is 13.0 Å². The number of β-amino-alcohol motifs (C(OH)–C–C–N with tert-alkyl or cyclic N) is 1. The summed E-state index contributed by atoms with van der Waals surface area (Å²) >= 11 is 1.58. The number of amides is 1. The third kappa shape index (κ3) is 4.26. The van der Waals surface area contributed by atoms with E-state index in [1.165, 1.54) is 0 Å². The molecule has 1 atom stereocenters. The molecule has 19 heavy (non-hydrogen) atoms. The quantitative estimate of drug-likeness (QED) is 0.875. The van der Waals surface area contributed by atoms with E-state index in [4.69, 9.17) is 0 Å². The van der Waals surface area contributed by atoms with Gasteiger partial charge in [-0.3, -0.25) is 9.69 Å². The molecule has 1 amide bonds. The Morgan fingerprint density at radius 3 is 2.68 bits per heavy atom. The van der Waals surface area contributed by atoms with E-state index in [2.05, 4.69) is 9.88 Å². The van der Waals surface area contributed by atoms with Crippen molar-refractivity contribution in [2.24, 2.45) is 0 Å². The average Bonchev–Trinajstić information content (AvgIpc) is 2.75.